The smallest absolute Gasteiger partial charge is 0.195 e. The largest absolute Gasteiger partial charge is 0.352 e. The van der Waals surface area contributed by atoms with Gasteiger partial charge in [-0.25, -0.2) is 0 Å². The Bertz CT molecular complexity index is 1710. The van der Waals surface area contributed by atoms with Crippen LogP contribution in [0.5, 0.6) is 0 Å². The highest BCUT2D eigenvalue weighted by molar-refractivity contribution is 7.12. The van der Waals surface area contributed by atoms with Crippen LogP contribution in [-0.4, -0.2) is 29.4 Å². The number of carbonyl (C=O) groups excluding carboxylic acids is 3. The Hall–Kier alpha value is -3.22. The molecule has 1 spiro atoms. The van der Waals surface area contributed by atoms with Crippen LogP contribution in [0.1, 0.15) is 47.4 Å². The minimum atomic E-state index is -1.62. The second-order valence-corrected chi connectivity index (χ2v) is 12.1. The second-order valence-electron chi connectivity index (χ2n) is 9.92. The fraction of sp³-hybridized carbons (Fsp3) is 0.129. The Morgan fingerprint density at radius 1 is 0.846 bits per heavy atom. The van der Waals surface area contributed by atoms with E-state index in [1.54, 1.807) is 54.6 Å². The van der Waals surface area contributed by atoms with Crippen LogP contribution < -0.4 is 4.90 Å². The lowest BCUT2D eigenvalue weighted by Gasteiger charge is -2.37. The topological polar surface area (TPSA) is 54.5 Å². The first-order valence-electron chi connectivity index (χ1n) is 12.3. The molecule has 0 saturated carbocycles. The summed E-state index contributed by atoms with van der Waals surface area (Å²) >= 11 is 20.8. The van der Waals surface area contributed by atoms with Crippen molar-refractivity contribution >= 4 is 75.3 Å². The first-order chi connectivity index (χ1) is 18.8. The number of ketones is 3. The Morgan fingerprint density at radius 3 is 2.21 bits per heavy atom. The van der Waals surface area contributed by atoms with Crippen molar-refractivity contribution in [3.8, 4) is 0 Å². The van der Waals surface area contributed by atoms with Gasteiger partial charge in [0.2, 0.25) is 0 Å². The van der Waals surface area contributed by atoms with Gasteiger partial charge in [0.1, 0.15) is 11.5 Å². The lowest BCUT2D eigenvalue weighted by molar-refractivity contribution is 0.0666. The summed E-state index contributed by atoms with van der Waals surface area (Å²) in [5, 5.41) is 3.10. The van der Waals surface area contributed by atoms with Crippen LogP contribution in [0.3, 0.4) is 0 Å². The minimum absolute atomic E-state index is 0.185. The Kier molecular flexibility index (Phi) is 5.66. The van der Waals surface area contributed by atoms with Gasteiger partial charge in [0.25, 0.3) is 0 Å². The molecule has 0 amide bonds. The molecule has 3 heterocycles. The summed E-state index contributed by atoms with van der Waals surface area (Å²) in [6, 6.07) is 19.3. The number of benzene rings is 3. The molecule has 1 saturated heterocycles. The van der Waals surface area contributed by atoms with Gasteiger partial charge in [0.15, 0.2) is 17.3 Å². The third-order valence-corrected chi connectivity index (χ3v) is 9.78. The van der Waals surface area contributed by atoms with E-state index in [2.05, 4.69) is 0 Å². The zero-order valence-electron chi connectivity index (χ0n) is 20.1. The van der Waals surface area contributed by atoms with Crippen molar-refractivity contribution in [3.63, 3.8) is 0 Å². The van der Waals surface area contributed by atoms with Crippen LogP contribution in [0, 0.1) is 5.41 Å². The maximum absolute atomic E-state index is 14.6. The molecule has 39 heavy (non-hydrogen) atoms. The van der Waals surface area contributed by atoms with Crippen molar-refractivity contribution in [3.05, 3.63) is 126 Å². The van der Waals surface area contributed by atoms with E-state index in [9.17, 15) is 14.4 Å². The molecular weight excluding hydrogens is 573 g/mol. The van der Waals surface area contributed by atoms with E-state index in [0.29, 0.717) is 36.6 Å². The number of halogens is 3. The van der Waals surface area contributed by atoms with Crippen molar-refractivity contribution in [1.82, 2.24) is 0 Å². The Morgan fingerprint density at radius 2 is 1.54 bits per heavy atom. The molecule has 7 rings (SSSR count). The fourth-order valence-corrected chi connectivity index (χ4v) is 8.01. The normalized spacial score (nSPS) is 22.2. The number of thiophene rings is 1. The maximum Gasteiger partial charge on any atom is 0.195 e. The van der Waals surface area contributed by atoms with Crippen LogP contribution in [0.2, 0.25) is 15.1 Å². The second kappa shape index (κ2) is 8.90. The number of Topliss-reactive ketones (excluding diaryl/α,β-unsaturated/α-hetero) is 3. The maximum atomic E-state index is 14.6. The SMILES string of the molecule is O=C(c1cccs1)[C@@H]1[C@@H](c2ccc(Cl)cc2Cl)C2(C(=O)c3ccccc3C2=O)[C@@H]2C=Cc3cc(Cl)ccc3N12. The van der Waals surface area contributed by atoms with Crippen LogP contribution in [0.15, 0.2) is 84.3 Å². The lowest BCUT2D eigenvalue weighted by Crippen LogP contribution is -2.48. The molecule has 3 aliphatic rings. The molecule has 1 fully saturated rings. The van der Waals surface area contributed by atoms with Gasteiger partial charge >= 0.3 is 0 Å². The molecule has 1 aromatic heterocycles. The molecule has 4 aromatic rings. The summed E-state index contributed by atoms with van der Waals surface area (Å²) < 4.78 is 0. The molecule has 1 aliphatic carbocycles. The highest BCUT2D eigenvalue weighted by Gasteiger charge is 2.71. The molecule has 0 radical (unpaired) electrons. The molecule has 2 aliphatic heterocycles. The van der Waals surface area contributed by atoms with Crippen molar-refractivity contribution in [2.75, 3.05) is 4.90 Å². The Labute approximate surface area is 243 Å². The van der Waals surface area contributed by atoms with E-state index in [4.69, 9.17) is 34.8 Å². The summed E-state index contributed by atoms with van der Waals surface area (Å²) in [5.41, 5.74) is 1.16. The first-order valence-corrected chi connectivity index (χ1v) is 14.3. The molecule has 3 aromatic carbocycles. The zero-order valence-corrected chi connectivity index (χ0v) is 23.2. The van der Waals surface area contributed by atoms with Gasteiger partial charge in [0.05, 0.1) is 10.9 Å². The van der Waals surface area contributed by atoms with Gasteiger partial charge in [-0.05, 0) is 52.9 Å². The first kappa shape index (κ1) is 24.8. The third-order valence-electron chi connectivity index (χ3n) is 8.10. The van der Waals surface area contributed by atoms with Gasteiger partial charge in [-0.2, -0.15) is 0 Å². The highest BCUT2D eigenvalue weighted by Crippen LogP contribution is 2.61. The van der Waals surface area contributed by atoms with Gasteiger partial charge < -0.3 is 4.90 Å². The summed E-state index contributed by atoms with van der Waals surface area (Å²) in [6.07, 6.45) is 3.74. The highest BCUT2D eigenvalue weighted by atomic mass is 35.5. The van der Waals surface area contributed by atoms with Crippen LogP contribution in [0.4, 0.5) is 5.69 Å². The van der Waals surface area contributed by atoms with E-state index < -0.39 is 23.4 Å². The lowest BCUT2D eigenvalue weighted by atomic mass is 9.64. The van der Waals surface area contributed by atoms with Crippen molar-refractivity contribution in [2.24, 2.45) is 5.41 Å². The van der Waals surface area contributed by atoms with Gasteiger partial charge in [-0.3, -0.25) is 14.4 Å². The molecular formula is C31H18Cl3NO3S. The van der Waals surface area contributed by atoms with Crippen molar-refractivity contribution in [1.29, 1.82) is 0 Å². The van der Waals surface area contributed by atoms with Crippen LogP contribution >= 0.6 is 46.1 Å². The average molecular weight is 591 g/mol. The van der Waals surface area contributed by atoms with Gasteiger partial charge in [-0.15, -0.1) is 11.3 Å². The van der Waals surface area contributed by atoms with Crippen LogP contribution in [-0.2, 0) is 0 Å². The van der Waals surface area contributed by atoms with E-state index in [0.717, 1.165) is 11.3 Å². The molecule has 0 unspecified atom stereocenters. The van der Waals surface area contributed by atoms with Gasteiger partial charge in [-0.1, -0.05) is 83.4 Å². The zero-order chi connectivity index (χ0) is 27.1. The summed E-state index contributed by atoms with van der Waals surface area (Å²) in [7, 11) is 0. The number of anilines is 1. The minimum Gasteiger partial charge on any atom is -0.352 e. The van der Waals surface area contributed by atoms with Crippen molar-refractivity contribution < 1.29 is 14.4 Å². The number of nitrogens with zero attached hydrogens (tertiary/aromatic N) is 1. The third kappa shape index (κ3) is 3.34. The summed E-state index contributed by atoms with van der Waals surface area (Å²) in [4.78, 5) is 46.1. The van der Waals surface area contributed by atoms with E-state index in [-0.39, 0.29) is 17.3 Å². The molecule has 3 atom stereocenters. The Balaban J connectivity index is 1.58. The standard InChI is InChI=1S/C31H18Cl3NO3S/c32-17-9-11-23-16(14-17)7-12-25-31(29(37)19-4-1-2-5-20(19)30(31)38)26(21-10-8-18(33)15-22(21)34)27(35(23)25)28(36)24-6-3-13-39-24/h1-15,25-27H/t25-,26+,27-/m0/s1. The average Bonchev–Trinajstić information content (AvgIpc) is 3.62. The molecule has 8 heteroatoms. The fourth-order valence-electron chi connectivity index (χ4n) is 6.61. The number of fused-ring (bicyclic) bond motifs is 5. The predicted molar refractivity (Wildman–Crippen MR) is 156 cm³/mol. The van der Waals surface area contributed by atoms with Crippen LogP contribution in [0.25, 0.3) is 6.08 Å². The molecule has 0 bridgehead atoms. The number of hydrogen-bond acceptors (Lipinski definition) is 5. The number of rotatable bonds is 3. The monoisotopic (exact) mass is 589 g/mol. The molecule has 4 nitrogen and oxygen atoms in total. The van der Waals surface area contributed by atoms with E-state index >= 15 is 0 Å². The quantitative estimate of drug-likeness (QED) is 0.179. The number of hydrogen-bond donors (Lipinski definition) is 0. The van der Waals surface area contributed by atoms with Gasteiger partial charge in [0, 0.05) is 37.8 Å². The number of carbonyl (C=O) groups is 3. The summed E-state index contributed by atoms with van der Waals surface area (Å²) in [6.45, 7) is 0. The molecule has 192 valence electrons. The van der Waals surface area contributed by atoms with E-state index in [1.165, 1.54) is 11.3 Å². The molecule has 0 N–H and O–H groups in total. The van der Waals surface area contributed by atoms with Crippen molar-refractivity contribution in [2.45, 2.75) is 18.0 Å². The predicted octanol–water partition coefficient (Wildman–Crippen LogP) is 8.02. The summed E-state index contributed by atoms with van der Waals surface area (Å²) in [5.74, 6) is -1.69. The van der Waals surface area contributed by atoms with E-state index in [1.807, 2.05) is 40.6 Å².